The van der Waals surface area contributed by atoms with Crippen LogP contribution in [0, 0.1) is 5.92 Å². The molecule has 118 valence electrons. The average Bonchev–Trinajstić information content (AvgIpc) is 2.35. The number of rotatable bonds is 7. The van der Waals surface area contributed by atoms with Crippen molar-refractivity contribution in [2.24, 2.45) is 5.92 Å². The first-order valence-electron chi connectivity index (χ1n) is 7.28. The second-order valence-electron chi connectivity index (χ2n) is 5.55. The minimum atomic E-state index is -3.58. The van der Waals surface area contributed by atoms with E-state index in [-0.39, 0.29) is 24.0 Å². The van der Waals surface area contributed by atoms with Gasteiger partial charge in [-0.05, 0) is 55.9 Å². The van der Waals surface area contributed by atoms with Gasteiger partial charge in [0.15, 0.2) is 0 Å². The van der Waals surface area contributed by atoms with E-state index in [9.17, 15) is 8.42 Å². The normalized spacial score (nSPS) is 17.3. The van der Waals surface area contributed by atoms with Gasteiger partial charge in [0.05, 0.1) is 12.0 Å². The molecule has 0 amide bonds. The summed E-state index contributed by atoms with van der Waals surface area (Å²) in [7, 11) is -2.04. The van der Waals surface area contributed by atoms with Gasteiger partial charge in [0.1, 0.15) is 5.75 Å². The highest BCUT2D eigenvalue weighted by atomic mass is 32.2. The summed E-state index contributed by atoms with van der Waals surface area (Å²) in [6.45, 7) is 1.81. The zero-order valence-electron chi connectivity index (χ0n) is 12.5. The predicted octanol–water partition coefficient (Wildman–Crippen LogP) is 1.70. The van der Waals surface area contributed by atoms with E-state index in [0.29, 0.717) is 17.2 Å². The number of ether oxygens (including phenoxy) is 1. The Kier molecular flexibility index (Phi) is 5.24. The zero-order valence-corrected chi connectivity index (χ0v) is 13.3. The summed E-state index contributed by atoms with van der Waals surface area (Å²) in [6, 6.07) is 4.77. The number of aliphatic hydroxyl groups excluding tert-OH is 1. The molecular weight excluding hydrogens is 290 g/mol. The minimum Gasteiger partial charge on any atom is -0.497 e. The maximum atomic E-state index is 12.5. The second kappa shape index (κ2) is 6.77. The highest BCUT2D eigenvalue weighted by Gasteiger charge is 2.28. The largest absolute Gasteiger partial charge is 0.497 e. The fourth-order valence-corrected chi connectivity index (χ4v) is 4.17. The topological polar surface area (TPSA) is 75.6 Å². The Morgan fingerprint density at radius 3 is 2.67 bits per heavy atom. The number of aliphatic hydroxyl groups is 1. The van der Waals surface area contributed by atoms with Crippen molar-refractivity contribution < 1.29 is 18.3 Å². The van der Waals surface area contributed by atoms with E-state index in [1.807, 2.05) is 6.92 Å². The van der Waals surface area contributed by atoms with E-state index in [2.05, 4.69) is 4.72 Å². The molecule has 0 spiro atoms. The Morgan fingerprint density at radius 1 is 1.43 bits per heavy atom. The summed E-state index contributed by atoms with van der Waals surface area (Å²) >= 11 is 0. The molecule has 2 rings (SSSR count). The Hall–Kier alpha value is -1.11. The lowest BCUT2D eigenvalue weighted by Gasteiger charge is -2.31. The minimum absolute atomic E-state index is 0.0622. The van der Waals surface area contributed by atoms with Crippen molar-refractivity contribution in [2.75, 3.05) is 13.7 Å². The van der Waals surface area contributed by atoms with E-state index in [4.69, 9.17) is 9.84 Å². The SMILES string of the molecule is COc1ccc(S(=O)(=O)NC(C)C2CCC2)c(CCO)c1. The van der Waals surface area contributed by atoms with Crippen LogP contribution in [0.1, 0.15) is 31.7 Å². The number of nitrogens with one attached hydrogen (secondary N) is 1. The van der Waals surface area contributed by atoms with Crippen LogP contribution in [0.15, 0.2) is 23.1 Å². The Labute approximate surface area is 126 Å². The van der Waals surface area contributed by atoms with Crippen molar-refractivity contribution in [1.29, 1.82) is 0 Å². The molecule has 0 radical (unpaired) electrons. The van der Waals surface area contributed by atoms with Crippen LogP contribution in [0.5, 0.6) is 5.75 Å². The first kappa shape index (κ1) is 16.3. The van der Waals surface area contributed by atoms with Crippen LogP contribution in [0.4, 0.5) is 0 Å². The summed E-state index contributed by atoms with van der Waals surface area (Å²) in [5.41, 5.74) is 0.574. The standard InChI is InChI=1S/C15H23NO4S/c1-11(12-4-3-5-12)16-21(18,19)15-7-6-14(20-2)10-13(15)8-9-17/h6-7,10-12,16-17H,3-5,8-9H2,1-2H3. The number of benzene rings is 1. The summed E-state index contributed by atoms with van der Waals surface area (Å²) in [6.07, 6.45) is 3.62. The lowest BCUT2D eigenvalue weighted by molar-refractivity contribution is 0.260. The smallest absolute Gasteiger partial charge is 0.241 e. The molecule has 2 N–H and O–H groups in total. The molecule has 0 saturated heterocycles. The van der Waals surface area contributed by atoms with Crippen LogP contribution >= 0.6 is 0 Å². The first-order chi connectivity index (χ1) is 9.97. The lowest BCUT2D eigenvalue weighted by atomic mass is 9.81. The van der Waals surface area contributed by atoms with Gasteiger partial charge in [-0.2, -0.15) is 0 Å². The molecule has 1 saturated carbocycles. The fraction of sp³-hybridized carbons (Fsp3) is 0.600. The van der Waals surface area contributed by atoms with Crippen molar-refractivity contribution in [3.05, 3.63) is 23.8 Å². The van der Waals surface area contributed by atoms with Crippen LogP contribution in [0.2, 0.25) is 0 Å². The molecule has 1 fully saturated rings. The van der Waals surface area contributed by atoms with E-state index in [1.54, 1.807) is 18.2 Å². The Bertz CT molecular complexity index is 581. The maximum absolute atomic E-state index is 12.5. The molecule has 1 atom stereocenters. The third-order valence-corrected chi connectivity index (χ3v) is 5.80. The molecule has 1 aromatic carbocycles. The molecule has 0 aliphatic heterocycles. The third kappa shape index (κ3) is 3.75. The Balaban J connectivity index is 2.25. The highest BCUT2D eigenvalue weighted by molar-refractivity contribution is 7.89. The van der Waals surface area contributed by atoms with Gasteiger partial charge in [0, 0.05) is 12.6 Å². The van der Waals surface area contributed by atoms with Gasteiger partial charge in [-0.1, -0.05) is 6.42 Å². The molecule has 1 unspecified atom stereocenters. The van der Waals surface area contributed by atoms with Gasteiger partial charge in [0.25, 0.3) is 0 Å². The molecular formula is C15H23NO4S. The first-order valence-corrected chi connectivity index (χ1v) is 8.76. The quantitative estimate of drug-likeness (QED) is 0.803. The average molecular weight is 313 g/mol. The van der Waals surface area contributed by atoms with Crippen molar-refractivity contribution in [3.63, 3.8) is 0 Å². The molecule has 1 aliphatic rings. The van der Waals surface area contributed by atoms with E-state index >= 15 is 0 Å². The van der Waals surface area contributed by atoms with Crippen LogP contribution in [0.25, 0.3) is 0 Å². The number of hydrogen-bond donors (Lipinski definition) is 2. The summed E-state index contributed by atoms with van der Waals surface area (Å²) in [4.78, 5) is 0.225. The van der Waals surface area contributed by atoms with Crippen LogP contribution in [-0.2, 0) is 16.4 Å². The van der Waals surface area contributed by atoms with Gasteiger partial charge in [-0.25, -0.2) is 13.1 Å². The van der Waals surface area contributed by atoms with Gasteiger partial charge >= 0.3 is 0 Å². The third-order valence-electron chi connectivity index (χ3n) is 4.14. The summed E-state index contributed by atoms with van der Waals surface area (Å²) in [5, 5.41) is 9.13. The number of hydrogen-bond acceptors (Lipinski definition) is 4. The molecule has 5 nitrogen and oxygen atoms in total. The molecule has 1 aromatic rings. The van der Waals surface area contributed by atoms with Gasteiger partial charge < -0.3 is 9.84 Å². The zero-order chi connectivity index (χ0) is 15.5. The van der Waals surface area contributed by atoms with E-state index in [1.165, 1.54) is 13.5 Å². The monoisotopic (exact) mass is 313 g/mol. The second-order valence-corrected chi connectivity index (χ2v) is 7.23. The maximum Gasteiger partial charge on any atom is 0.241 e. The van der Waals surface area contributed by atoms with Crippen molar-refractivity contribution in [1.82, 2.24) is 4.72 Å². The molecule has 0 aromatic heterocycles. The Morgan fingerprint density at radius 2 is 2.14 bits per heavy atom. The van der Waals surface area contributed by atoms with Crippen LogP contribution in [-0.4, -0.2) is 33.3 Å². The van der Waals surface area contributed by atoms with Crippen molar-refractivity contribution in [2.45, 2.75) is 43.5 Å². The fourth-order valence-electron chi connectivity index (χ4n) is 2.61. The predicted molar refractivity (Wildman–Crippen MR) is 80.9 cm³/mol. The molecule has 1 aliphatic carbocycles. The molecule has 0 heterocycles. The number of sulfonamides is 1. The van der Waals surface area contributed by atoms with Crippen LogP contribution in [0.3, 0.4) is 0 Å². The van der Waals surface area contributed by atoms with Crippen molar-refractivity contribution >= 4 is 10.0 Å². The van der Waals surface area contributed by atoms with Crippen molar-refractivity contribution in [3.8, 4) is 5.75 Å². The highest BCUT2D eigenvalue weighted by Crippen LogP contribution is 2.30. The van der Waals surface area contributed by atoms with Gasteiger partial charge in [-0.15, -0.1) is 0 Å². The molecule has 6 heteroatoms. The van der Waals surface area contributed by atoms with Gasteiger partial charge in [-0.3, -0.25) is 0 Å². The van der Waals surface area contributed by atoms with Gasteiger partial charge in [0.2, 0.25) is 10.0 Å². The molecule has 0 bridgehead atoms. The van der Waals surface area contributed by atoms with E-state index in [0.717, 1.165) is 12.8 Å². The summed E-state index contributed by atoms with van der Waals surface area (Å²) in [5.74, 6) is 1.02. The lowest BCUT2D eigenvalue weighted by Crippen LogP contribution is -2.40. The summed E-state index contributed by atoms with van der Waals surface area (Å²) < 4.78 is 33.0. The van der Waals surface area contributed by atoms with Crippen LogP contribution < -0.4 is 9.46 Å². The number of methoxy groups -OCH3 is 1. The molecule has 21 heavy (non-hydrogen) atoms. The van der Waals surface area contributed by atoms with E-state index < -0.39 is 10.0 Å².